The predicted molar refractivity (Wildman–Crippen MR) is 109 cm³/mol. The molecule has 1 N–H and O–H groups in total. The average Bonchev–Trinajstić information content (AvgIpc) is 2.67. The van der Waals surface area contributed by atoms with E-state index in [4.69, 9.17) is 4.74 Å². The van der Waals surface area contributed by atoms with Crippen molar-refractivity contribution in [3.05, 3.63) is 59.2 Å². The first-order chi connectivity index (χ1) is 13.1. The van der Waals surface area contributed by atoms with Crippen LogP contribution in [0.5, 0.6) is 5.75 Å². The maximum Gasteiger partial charge on any atom is 0.238 e. The minimum absolute atomic E-state index is 0.0573. The second-order valence-electron chi connectivity index (χ2n) is 7.16. The lowest BCUT2D eigenvalue weighted by molar-refractivity contribution is -0.117. The topological polar surface area (TPSA) is 44.8 Å². The van der Waals surface area contributed by atoms with E-state index in [1.54, 1.807) is 7.11 Å². The summed E-state index contributed by atoms with van der Waals surface area (Å²) < 4.78 is 5.45. The highest BCUT2D eigenvalue weighted by atomic mass is 16.5. The van der Waals surface area contributed by atoms with Gasteiger partial charge in [0.25, 0.3) is 0 Å². The summed E-state index contributed by atoms with van der Waals surface area (Å²) in [6, 6.07) is 14.2. The Hall–Kier alpha value is -2.37. The van der Waals surface area contributed by atoms with Gasteiger partial charge in [0.05, 0.1) is 13.7 Å². The van der Waals surface area contributed by atoms with Gasteiger partial charge in [-0.25, -0.2) is 0 Å². The molecular formula is C22H29N3O2. The lowest BCUT2D eigenvalue weighted by Gasteiger charge is -2.34. The van der Waals surface area contributed by atoms with Crippen molar-refractivity contribution in [1.29, 1.82) is 0 Å². The smallest absolute Gasteiger partial charge is 0.238 e. The Kier molecular flexibility index (Phi) is 6.48. The fraction of sp³-hybridized carbons (Fsp3) is 0.409. The van der Waals surface area contributed by atoms with Crippen molar-refractivity contribution in [3.8, 4) is 5.75 Å². The second-order valence-corrected chi connectivity index (χ2v) is 7.16. The molecule has 1 amide bonds. The van der Waals surface area contributed by atoms with Crippen molar-refractivity contribution in [2.24, 2.45) is 0 Å². The minimum atomic E-state index is 0.0573. The predicted octanol–water partition coefficient (Wildman–Crippen LogP) is 3.07. The number of nitrogens with zero attached hydrogens (tertiary/aromatic N) is 2. The summed E-state index contributed by atoms with van der Waals surface area (Å²) in [6.45, 7) is 9.13. The lowest BCUT2D eigenvalue weighted by atomic mass is 10.1. The van der Waals surface area contributed by atoms with Crippen molar-refractivity contribution in [2.45, 2.75) is 20.4 Å². The quantitative estimate of drug-likeness (QED) is 0.852. The van der Waals surface area contributed by atoms with E-state index in [0.29, 0.717) is 6.54 Å². The van der Waals surface area contributed by atoms with Crippen molar-refractivity contribution in [1.82, 2.24) is 9.80 Å². The molecule has 1 aliphatic rings. The number of methoxy groups -OCH3 is 1. The number of amides is 1. The molecule has 2 aromatic rings. The van der Waals surface area contributed by atoms with Crippen LogP contribution in [0.25, 0.3) is 0 Å². The monoisotopic (exact) mass is 367 g/mol. The Bertz CT molecular complexity index is 783. The number of rotatable bonds is 6. The standard InChI is InChI=1S/C22H29N3O2/c1-17-7-6-9-20(18(17)2)23-22(26)16-25-13-11-24(12-14-25)15-19-8-4-5-10-21(19)27-3/h4-10H,11-16H2,1-3H3,(H,23,26). The Labute approximate surface area is 161 Å². The van der Waals surface area contributed by atoms with Gasteiger partial charge in [0, 0.05) is 44.0 Å². The van der Waals surface area contributed by atoms with Crippen LogP contribution in [0.4, 0.5) is 5.69 Å². The van der Waals surface area contributed by atoms with E-state index in [9.17, 15) is 4.79 Å². The number of hydrogen-bond acceptors (Lipinski definition) is 4. The first-order valence-electron chi connectivity index (χ1n) is 9.49. The van der Waals surface area contributed by atoms with Gasteiger partial charge >= 0.3 is 0 Å². The first kappa shape index (κ1) is 19.4. The van der Waals surface area contributed by atoms with Crippen LogP contribution >= 0.6 is 0 Å². The number of piperazine rings is 1. The van der Waals surface area contributed by atoms with Gasteiger partial charge in [-0.15, -0.1) is 0 Å². The van der Waals surface area contributed by atoms with Crippen molar-refractivity contribution in [2.75, 3.05) is 45.2 Å². The maximum absolute atomic E-state index is 12.4. The van der Waals surface area contributed by atoms with Gasteiger partial charge in [-0.3, -0.25) is 14.6 Å². The Morgan fingerprint density at radius 3 is 2.44 bits per heavy atom. The number of ether oxygens (including phenoxy) is 1. The normalized spacial score (nSPS) is 15.5. The molecule has 1 fully saturated rings. The molecule has 0 unspecified atom stereocenters. The zero-order valence-electron chi connectivity index (χ0n) is 16.5. The molecule has 0 spiro atoms. The van der Waals surface area contributed by atoms with E-state index >= 15 is 0 Å². The molecule has 144 valence electrons. The van der Waals surface area contributed by atoms with Crippen LogP contribution in [-0.4, -0.2) is 55.5 Å². The number of para-hydroxylation sites is 1. The number of aryl methyl sites for hydroxylation is 1. The second kappa shape index (κ2) is 9.02. The molecule has 0 radical (unpaired) electrons. The summed E-state index contributed by atoms with van der Waals surface area (Å²) in [5.41, 5.74) is 4.45. The Morgan fingerprint density at radius 2 is 1.70 bits per heavy atom. The van der Waals surface area contributed by atoms with Crippen LogP contribution < -0.4 is 10.1 Å². The SMILES string of the molecule is COc1ccccc1CN1CCN(CC(=O)Nc2cccc(C)c2C)CC1. The fourth-order valence-electron chi connectivity index (χ4n) is 3.46. The summed E-state index contributed by atoms with van der Waals surface area (Å²) in [5.74, 6) is 0.995. The summed E-state index contributed by atoms with van der Waals surface area (Å²) in [7, 11) is 1.71. The third-order valence-electron chi connectivity index (χ3n) is 5.30. The highest BCUT2D eigenvalue weighted by Crippen LogP contribution is 2.20. The molecule has 0 aromatic heterocycles. The van der Waals surface area contributed by atoms with Crippen LogP contribution in [0, 0.1) is 13.8 Å². The maximum atomic E-state index is 12.4. The van der Waals surface area contributed by atoms with Crippen molar-refractivity contribution >= 4 is 11.6 Å². The van der Waals surface area contributed by atoms with Crippen LogP contribution in [0.2, 0.25) is 0 Å². The number of nitrogens with one attached hydrogen (secondary N) is 1. The molecule has 3 rings (SSSR count). The minimum Gasteiger partial charge on any atom is -0.496 e. The van der Waals surface area contributed by atoms with Crippen LogP contribution in [0.3, 0.4) is 0 Å². The van der Waals surface area contributed by atoms with Crippen molar-refractivity contribution < 1.29 is 9.53 Å². The van der Waals surface area contributed by atoms with Crippen LogP contribution in [-0.2, 0) is 11.3 Å². The van der Waals surface area contributed by atoms with E-state index in [1.165, 1.54) is 11.1 Å². The molecule has 2 aromatic carbocycles. The van der Waals surface area contributed by atoms with Gasteiger partial charge in [-0.2, -0.15) is 0 Å². The first-order valence-corrected chi connectivity index (χ1v) is 9.49. The van der Waals surface area contributed by atoms with Crippen LogP contribution in [0.1, 0.15) is 16.7 Å². The van der Waals surface area contributed by atoms with Crippen molar-refractivity contribution in [3.63, 3.8) is 0 Å². The molecular weight excluding hydrogens is 338 g/mol. The average molecular weight is 367 g/mol. The van der Waals surface area contributed by atoms with E-state index in [2.05, 4.69) is 34.2 Å². The van der Waals surface area contributed by atoms with Gasteiger partial charge in [-0.05, 0) is 37.1 Å². The summed E-state index contributed by atoms with van der Waals surface area (Å²) >= 11 is 0. The molecule has 27 heavy (non-hydrogen) atoms. The van der Waals surface area contributed by atoms with Gasteiger partial charge in [0.1, 0.15) is 5.75 Å². The molecule has 0 bridgehead atoms. The number of benzene rings is 2. The van der Waals surface area contributed by atoms with E-state index < -0.39 is 0 Å². The number of carbonyl (C=O) groups excluding carboxylic acids is 1. The highest BCUT2D eigenvalue weighted by molar-refractivity contribution is 5.93. The summed E-state index contributed by atoms with van der Waals surface area (Å²) in [6.07, 6.45) is 0. The third-order valence-corrected chi connectivity index (χ3v) is 5.30. The van der Waals surface area contributed by atoms with E-state index in [-0.39, 0.29) is 5.91 Å². The van der Waals surface area contributed by atoms with Gasteiger partial charge in [0.15, 0.2) is 0 Å². The molecule has 1 heterocycles. The molecule has 1 saturated heterocycles. The fourth-order valence-corrected chi connectivity index (χ4v) is 3.46. The molecule has 0 aliphatic carbocycles. The number of anilines is 1. The van der Waals surface area contributed by atoms with Gasteiger partial charge < -0.3 is 10.1 Å². The number of hydrogen-bond donors (Lipinski definition) is 1. The van der Waals surface area contributed by atoms with Gasteiger partial charge in [-0.1, -0.05) is 30.3 Å². The zero-order chi connectivity index (χ0) is 19.2. The third kappa shape index (κ3) is 5.08. The molecule has 5 heteroatoms. The molecule has 1 aliphatic heterocycles. The highest BCUT2D eigenvalue weighted by Gasteiger charge is 2.20. The molecule has 5 nitrogen and oxygen atoms in total. The lowest BCUT2D eigenvalue weighted by Crippen LogP contribution is -2.48. The van der Waals surface area contributed by atoms with E-state index in [1.807, 2.05) is 37.3 Å². The molecule has 0 atom stereocenters. The van der Waals surface area contributed by atoms with Crippen LogP contribution in [0.15, 0.2) is 42.5 Å². The van der Waals surface area contributed by atoms with E-state index in [0.717, 1.165) is 49.7 Å². The molecule has 0 saturated carbocycles. The number of carbonyl (C=O) groups is 1. The summed E-state index contributed by atoms with van der Waals surface area (Å²) in [5, 5.41) is 3.05. The zero-order valence-corrected chi connectivity index (χ0v) is 16.5. The summed E-state index contributed by atoms with van der Waals surface area (Å²) in [4.78, 5) is 17.1. The Morgan fingerprint density at radius 1 is 1.00 bits per heavy atom. The largest absolute Gasteiger partial charge is 0.496 e. The van der Waals surface area contributed by atoms with Gasteiger partial charge in [0.2, 0.25) is 5.91 Å². The Balaban J connectivity index is 1.48.